The van der Waals surface area contributed by atoms with E-state index >= 15 is 0 Å². The molecular weight excluding hydrogens is 248 g/mol. The first kappa shape index (κ1) is 11.4. The molecule has 1 nitrogen and oxygen atoms in total. The summed E-state index contributed by atoms with van der Waals surface area (Å²) in [6, 6.07) is 8.15. The van der Waals surface area contributed by atoms with Gasteiger partial charge in [-0.1, -0.05) is 23.7 Å². The standard InChI is InChI=1S/C12H8Cl2FN/c13-6-8-5-9(14)7-16-12(8)10-3-1-2-4-11(10)15/h1-5,7H,6H2. The molecule has 0 aliphatic rings. The molecule has 0 spiro atoms. The average molecular weight is 256 g/mol. The zero-order chi connectivity index (χ0) is 11.5. The molecule has 1 aromatic carbocycles. The third kappa shape index (κ3) is 2.18. The highest BCUT2D eigenvalue weighted by molar-refractivity contribution is 6.30. The van der Waals surface area contributed by atoms with Gasteiger partial charge in [-0.15, -0.1) is 11.6 Å². The van der Waals surface area contributed by atoms with Gasteiger partial charge >= 0.3 is 0 Å². The van der Waals surface area contributed by atoms with E-state index in [9.17, 15) is 4.39 Å². The molecule has 2 rings (SSSR count). The van der Waals surface area contributed by atoms with E-state index in [1.807, 2.05) is 0 Å². The minimum Gasteiger partial charge on any atom is -0.254 e. The highest BCUT2D eigenvalue weighted by atomic mass is 35.5. The molecule has 0 N–H and O–H groups in total. The van der Waals surface area contributed by atoms with Gasteiger partial charge in [-0.05, 0) is 23.8 Å². The van der Waals surface area contributed by atoms with Crippen LogP contribution in [0.4, 0.5) is 4.39 Å². The number of pyridine rings is 1. The van der Waals surface area contributed by atoms with Gasteiger partial charge in [-0.25, -0.2) is 4.39 Å². The van der Waals surface area contributed by atoms with Crippen LogP contribution in [0.3, 0.4) is 0 Å². The Morgan fingerprint density at radius 3 is 2.69 bits per heavy atom. The Hall–Kier alpha value is -1.12. The molecule has 0 amide bonds. The summed E-state index contributed by atoms with van der Waals surface area (Å²) in [5, 5.41) is 0.496. The molecule has 0 fully saturated rings. The lowest BCUT2D eigenvalue weighted by Gasteiger charge is -2.07. The van der Waals surface area contributed by atoms with Crippen LogP contribution in [0.1, 0.15) is 5.56 Å². The lowest BCUT2D eigenvalue weighted by molar-refractivity contribution is 0.630. The molecule has 0 bridgehead atoms. The summed E-state index contributed by atoms with van der Waals surface area (Å²) in [7, 11) is 0. The predicted octanol–water partition coefficient (Wildman–Crippen LogP) is 4.28. The molecule has 16 heavy (non-hydrogen) atoms. The lowest BCUT2D eigenvalue weighted by atomic mass is 10.1. The Morgan fingerprint density at radius 2 is 2.00 bits per heavy atom. The molecule has 1 heterocycles. The van der Waals surface area contributed by atoms with Crippen LogP contribution in [0.2, 0.25) is 5.02 Å². The van der Waals surface area contributed by atoms with Gasteiger partial charge in [0, 0.05) is 17.6 Å². The number of hydrogen-bond donors (Lipinski definition) is 0. The van der Waals surface area contributed by atoms with E-state index in [1.54, 1.807) is 24.3 Å². The van der Waals surface area contributed by atoms with Crippen LogP contribution < -0.4 is 0 Å². The Labute approximate surface area is 103 Å². The summed E-state index contributed by atoms with van der Waals surface area (Å²) in [5.41, 5.74) is 1.70. The number of rotatable bonds is 2. The first-order valence-corrected chi connectivity index (χ1v) is 5.59. The first-order valence-electron chi connectivity index (χ1n) is 4.67. The SMILES string of the molecule is Fc1ccccc1-c1ncc(Cl)cc1CCl. The van der Waals surface area contributed by atoms with Gasteiger partial charge in [0.1, 0.15) is 5.82 Å². The van der Waals surface area contributed by atoms with E-state index in [0.717, 1.165) is 5.56 Å². The Balaban J connectivity index is 2.60. The van der Waals surface area contributed by atoms with Crippen LogP contribution in [0.15, 0.2) is 36.5 Å². The zero-order valence-electron chi connectivity index (χ0n) is 8.25. The summed E-state index contributed by atoms with van der Waals surface area (Å²) in [4.78, 5) is 4.12. The smallest absolute Gasteiger partial charge is 0.132 e. The lowest BCUT2D eigenvalue weighted by Crippen LogP contribution is -1.93. The Morgan fingerprint density at radius 1 is 1.25 bits per heavy atom. The third-order valence-corrected chi connectivity index (χ3v) is 2.70. The van der Waals surface area contributed by atoms with Crippen LogP contribution >= 0.6 is 23.2 Å². The van der Waals surface area contributed by atoms with Crippen LogP contribution in [-0.4, -0.2) is 4.98 Å². The summed E-state index contributed by atoms with van der Waals surface area (Å²) in [6.45, 7) is 0. The van der Waals surface area contributed by atoms with Gasteiger partial charge < -0.3 is 0 Å². The number of hydrogen-bond acceptors (Lipinski definition) is 1. The van der Waals surface area contributed by atoms with Crippen molar-refractivity contribution in [2.75, 3.05) is 0 Å². The average Bonchev–Trinajstić information content (AvgIpc) is 2.30. The molecule has 4 heteroatoms. The van der Waals surface area contributed by atoms with Crippen molar-refractivity contribution in [1.82, 2.24) is 4.98 Å². The van der Waals surface area contributed by atoms with Crippen molar-refractivity contribution in [3.63, 3.8) is 0 Å². The van der Waals surface area contributed by atoms with Gasteiger partial charge in [-0.3, -0.25) is 4.98 Å². The van der Waals surface area contributed by atoms with Gasteiger partial charge in [0.2, 0.25) is 0 Å². The van der Waals surface area contributed by atoms with Gasteiger partial charge in [0.15, 0.2) is 0 Å². The molecule has 0 saturated carbocycles. The quantitative estimate of drug-likeness (QED) is 0.731. The molecule has 0 aliphatic heterocycles. The maximum atomic E-state index is 13.6. The summed E-state index contributed by atoms with van der Waals surface area (Å²) in [5.74, 6) is -0.0688. The molecule has 1 aromatic heterocycles. The molecule has 0 radical (unpaired) electrons. The van der Waals surface area contributed by atoms with Crippen molar-refractivity contribution in [3.05, 3.63) is 52.9 Å². The Bertz CT molecular complexity index is 514. The van der Waals surface area contributed by atoms with Crippen LogP contribution in [-0.2, 0) is 5.88 Å². The van der Waals surface area contributed by atoms with Crippen LogP contribution in [0.5, 0.6) is 0 Å². The van der Waals surface area contributed by atoms with Crippen molar-refractivity contribution in [2.24, 2.45) is 0 Å². The highest BCUT2D eigenvalue weighted by Gasteiger charge is 2.10. The fourth-order valence-corrected chi connectivity index (χ4v) is 1.86. The van der Waals surface area contributed by atoms with Crippen LogP contribution in [0.25, 0.3) is 11.3 Å². The summed E-state index contributed by atoms with van der Waals surface area (Å²) in [6.07, 6.45) is 1.49. The zero-order valence-corrected chi connectivity index (χ0v) is 9.76. The second-order valence-electron chi connectivity index (χ2n) is 3.27. The third-order valence-electron chi connectivity index (χ3n) is 2.21. The van der Waals surface area contributed by atoms with E-state index in [-0.39, 0.29) is 11.7 Å². The number of halogens is 3. The molecule has 82 valence electrons. The minimum absolute atomic E-state index is 0.247. The first-order chi connectivity index (χ1) is 7.72. The number of alkyl halides is 1. The fraction of sp³-hybridized carbons (Fsp3) is 0.0833. The summed E-state index contributed by atoms with van der Waals surface area (Å²) >= 11 is 11.6. The molecule has 0 aliphatic carbocycles. The monoisotopic (exact) mass is 255 g/mol. The second-order valence-corrected chi connectivity index (χ2v) is 3.98. The topological polar surface area (TPSA) is 12.9 Å². The van der Waals surface area contributed by atoms with Crippen molar-refractivity contribution < 1.29 is 4.39 Å². The largest absolute Gasteiger partial charge is 0.254 e. The molecular formula is C12H8Cl2FN. The van der Waals surface area contributed by atoms with Gasteiger partial charge in [0.25, 0.3) is 0 Å². The van der Waals surface area contributed by atoms with E-state index < -0.39 is 0 Å². The second kappa shape index (κ2) is 4.81. The van der Waals surface area contributed by atoms with Gasteiger partial charge in [-0.2, -0.15) is 0 Å². The van der Waals surface area contributed by atoms with Crippen molar-refractivity contribution >= 4 is 23.2 Å². The number of benzene rings is 1. The molecule has 2 aromatic rings. The normalized spacial score (nSPS) is 10.4. The number of aromatic nitrogens is 1. The maximum Gasteiger partial charge on any atom is 0.132 e. The van der Waals surface area contributed by atoms with Gasteiger partial charge in [0.05, 0.1) is 10.7 Å². The van der Waals surface area contributed by atoms with Crippen molar-refractivity contribution in [2.45, 2.75) is 5.88 Å². The van der Waals surface area contributed by atoms with E-state index in [2.05, 4.69) is 4.98 Å². The summed E-state index contributed by atoms with van der Waals surface area (Å²) < 4.78 is 13.6. The van der Waals surface area contributed by atoms with Crippen molar-refractivity contribution in [1.29, 1.82) is 0 Å². The molecule has 0 atom stereocenters. The maximum absolute atomic E-state index is 13.6. The molecule has 0 unspecified atom stereocenters. The van der Waals surface area contributed by atoms with E-state index in [4.69, 9.17) is 23.2 Å². The van der Waals surface area contributed by atoms with E-state index in [0.29, 0.717) is 16.3 Å². The predicted molar refractivity (Wildman–Crippen MR) is 64.2 cm³/mol. The van der Waals surface area contributed by atoms with Crippen LogP contribution in [0, 0.1) is 5.82 Å². The Kier molecular flexibility index (Phi) is 3.42. The van der Waals surface area contributed by atoms with Crippen molar-refractivity contribution in [3.8, 4) is 11.3 Å². The fourth-order valence-electron chi connectivity index (χ4n) is 1.48. The molecule has 0 saturated heterocycles. The minimum atomic E-state index is -0.316. The highest BCUT2D eigenvalue weighted by Crippen LogP contribution is 2.27. The number of nitrogens with zero attached hydrogens (tertiary/aromatic N) is 1. The van der Waals surface area contributed by atoms with E-state index in [1.165, 1.54) is 12.3 Å².